The van der Waals surface area contributed by atoms with Crippen molar-refractivity contribution in [2.45, 2.75) is 34.9 Å². The summed E-state index contributed by atoms with van der Waals surface area (Å²) in [5.41, 5.74) is 3.01. The van der Waals surface area contributed by atoms with E-state index in [2.05, 4.69) is 36.1 Å². The molecule has 5 rings (SSSR count). The number of amides is 1. The fourth-order valence-electron chi connectivity index (χ4n) is 5.17. The predicted octanol–water partition coefficient (Wildman–Crippen LogP) is 4.85. The highest BCUT2D eigenvalue weighted by Crippen LogP contribution is 2.62. The molecule has 1 amide bonds. The van der Waals surface area contributed by atoms with Crippen LogP contribution in [0.2, 0.25) is 0 Å². The largest absolute Gasteiger partial charge is 0.336 e. The van der Waals surface area contributed by atoms with Crippen molar-refractivity contribution < 1.29 is 22.3 Å². The van der Waals surface area contributed by atoms with Crippen molar-refractivity contribution in [1.29, 1.82) is 0 Å². The number of nitrogens with zero attached hydrogens (tertiary/aromatic N) is 2. The number of carbonyl (C=O) groups is 1. The first-order chi connectivity index (χ1) is 17.7. The lowest BCUT2D eigenvalue weighted by Gasteiger charge is -2.35. The van der Waals surface area contributed by atoms with Crippen molar-refractivity contribution in [3.8, 4) is 0 Å². The van der Waals surface area contributed by atoms with Crippen LogP contribution in [0.5, 0.6) is 0 Å². The highest BCUT2D eigenvalue weighted by molar-refractivity contribution is 8.25. The summed E-state index contributed by atoms with van der Waals surface area (Å²) in [4.78, 5) is 18.0. The molecule has 3 aromatic rings. The number of aryl methyl sites for hydroxylation is 1. The minimum absolute atomic E-state index is 0.103. The lowest BCUT2D eigenvalue weighted by Crippen LogP contribution is -2.48. The van der Waals surface area contributed by atoms with Crippen LogP contribution < -0.4 is 0 Å². The van der Waals surface area contributed by atoms with Gasteiger partial charge in [0.05, 0.1) is 15.5 Å². The van der Waals surface area contributed by atoms with Crippen LogP contribution in [0, 0.1) is 0 Å². The van der Waals surface area contributed by atoms with E-state index < -0.39 is 25.7 Å². The molecule has 1 atom stereocenters. The van der Waals surface area contributed by atoms with Crippen molar-refractivity contribution in [1.82, 2.24) is 9.80 Å². The maximum atomic E-state index is 13.7. The highest BCUT2D eigenvalue weighted by Gasteiger charge is 2.45. The number of piperazine rings is 1. The summed E-state index contributed by atoms with van der Waals surface area (Å²) in [6.45, 7) is 5.39. The second kappa shape index (κ2) is 10.2. The molecule has 1 saturated heterocycles. The first kappa shape index (κ1) is 25.9. The fraction of sp³-hybridized carbons (Fsp3) is 0.321. The van der Waals surface area contributed by atoms with Crippen LogP contribution in [0.3, 0.4) is 0 Å². The van der Waals surface area contributed by atoms with Gasteiger partial charge >= 0.3 is 0 Å². The molecule has 7 nitrogen and oxygen atoms in total. The summed E-state index contributed by atoms with van der Waals surface area (Å²) in [6, 6.07) is 21.3. The van der Waals surface area contributed by atoms with Crippen LogP contribution in [-0.2, 0) is 22.8 Å². The second-order valence-corrected chi connectivity index (χ2v) is 13.9. The Balaban J connectivity index is 1.37. The van der Waals surface area contributed by atoms with Gasteiger partial charge in [-0.1, -0.05) is 55.5 Å². The summed E-state index contributed by atoms with van der Waals surface area (Å²) in [5.74, 6) is -0.608. The molecule has 0 spiro atoms. The Morgan fingerprint density at radius 3 is 2.19 bits per heavy atom. The van der Waals surface area contributed by atoms with Gasteiger partial charge in [-0.2, -0.15) is 10.6 Å². The maximum Gasteiger partial charge on any atom is 0.254 e. The average Bonchev–Trinajstić information content (AvgIpc) is 3.21. The van der Waals surface area contributed by atoms with E-state index in [1.807, 2.05) is 0 Å². The lowest BCUT2D eigenvalue weighted by molar-refractivity contribution is 0.0627. The van der Waals surface area contributed by atoms with E-state index >= 15 is 0 Å². The minimum atomic E-state index is -3.94. The molecule has 37 heavy (non-hydrogen) atoms. The van der Waals surface area contributed by atoms with E-state index in [1.165, 1.54) is 29.3 Å². The zero-order valence-electron chi connectivity index (χ0n) is 20.8. The molecule has 196 valence electrons. The van der Waals surface area contributed by atoms with Gasteiger partial charge in [-0.05, 0) is 41.8 Å². The SMILES string of the molecule is CCc1ccc(CN2CCN(C(=O)c3cccc4c3C(S(=O)(=O)c3ccccc3)CS4(O)O)CC2)cc1. The lowest BCUT2D eigenvalue weighted by atomic mass is 10.0. The molecule has 1 unspecified atom stereocenters. The summed E-state index contributed by atoms with van der Waals surface area (Å²) in [7, 11) is -7.28. The number of carbonyl (C=O) groups excluding carboxylic acids is 1. The zero-order chi connectivity index (χ0) is 26.2. The van der Waals surface area contributed by atoms with E-state index in [0.29, 0.717) is 26.2 Å². The van der Waals surface area contributed by atoms with Crippen molar-refractivity contribution in [2.75, 3.05) is 31.9 Å². The normalized spacial score (nSPS) is 20.4. The number of fused-ring (bicyclic) bond motifs is 1. The molecule has 0 bridgehead atoms. The topological polar surface area (TPSA) is 98.2 Å². The van der Waals surface area contributed by atoms with Gasteiger partial charge in [0, 0.05) is 43.9 Å². The highest BCUT2D eigenvalue weighted by atomic mass is 32.3. The predicted molar refractivity (Wildman–Crippen MR) is 146 cm³/mol. The van der Waals surface area contributed by atoms with Crippen molar-refractivity contribution >= 4 is 26.3 Å². The molecule has 0 aliphatic carbocycles. The number of hydrogen-bond donors (Lipinski definition) is 2. The smallest absolute Gasteiger partial charge is 0.254 e. The Morgan fingerprint density at radius 2 is 1.54 bits per heavy atom. The van der Waals surface area contributed by atoms with Gasteiger partial charge in [-0.15, -0.1) is 0 Å². The molecule has 2 aliphatic heterocycles. The molecule has 3 aromatic carbocycles. The van der Waals surface area contributed by atoms with Crippen molar-refractivity contribution in [3.63, 3.8) is 0 Å². The van der Waals surface area contributed by atoms with Crippen molar-refractivity contribution in [2.24, 2.45) is 0 Å². The molecule has 1 fully saturated rings. The summed E-state index contributed by atoms with van der Waals surface area (Å²) >= 11 is 0. The first-order valence-corrected chi connectivity index (χ1v) is 15.7. The van der Waals surface area contributed by atoms with Crippen LogP contribution in [0.4, 0.5) is 0 Å². The molecule has 9 heteroatoms. The Bertz CT molecular complexity index is 1380. The van der Waals surface area contributed by atoms with Crippen LogP contribution in [0.25, 0.3) is 0 Å². The molecule has 2 heterocycles. The molecular weight excluding hydrogens is 508 g/mol. The maximum absolute atomic E-state index is 13.7. The second-order valence-electron chi connectivity index (χ2n) is 9.64. The van der Waals surface area contributed by atoms with Crippen LogP contribution in [0.15, 0.2) is 82.6 Å². The van der Waals surface area contributed by atoms with E-state index in [9.17, 15) is 22.3 Å². The number of benzene rings is 3. The van der Waals surface area contributed by atoms with Gasteiger partial charge < -0.3 is 4.90 Å². The van der Waals surface area contributed by atoms with Crippen molar-refractivity contribution in [3.05, 3.63) is 95.1 Å². The van der Waals surface area contributed by atoms with Gasteiger partial charge in [-0.25, -0.2) is 8.42 Å². The van der Waals surface area contributed by atoms with E-state index in [-0.39, 0.29) is 32.6 Å². The van der Waals surface area contributed by atoms with Crippen LogP contribution >= 0.6 is 10.6 Å². The van der Waals surface area contributed by atoms with Crippen LogP contribution in [-0.4, -0.2) is 65.2 Å². The zero-order valence-corrected chi connectivity index (χ0v) is 22.4. The van der Waals surface area contributed by atoms with E-state index in [1.54, 1.807) is 35.2 Å². The minimum Gasteiger partial charge on any atom is -0.336 e. The van der Waals surface area contributed by atoms with Crippen LogP contribution in [0.1, 0.15) is 39.2 Å². The Morgan fingerprint density at radius 1 is 0.892 bits per heavy atom. The van der Waals surface area contributed by atoms with Gasteiger partial charge in [0.1, 0.15) is 5.25 Å². The monoisotopic (exact) mass is 540 g/mol. The van der Waals surface area contributed by atoms with Gasteiger partial charge in [0.2, 0.25) is 0 Å². The third-order valence-corrected chi connectivity index (χ3v) is 11.4. The number of hydrogen-bond acceptors (Lipinski definition) is 6. The third kappa shape index (κ3) is 5.06. The first-order valence-electron chi connectivity index (χ1n) is 12.5. The Kier molecular flexibility index (Phi) is 7.17. The molecule has 0 radical (unpaired) electrons. The number of rotatable bonds is 6. The molecule has 0 aromatic heterocycles. The fourth-order valence-corrected chi connectivity index (χ4v) is 9.63. The average molecular weight is 541 g/mol. The summed E-state index contributed by atoms with van der Waals surface area (Å²) < 4.78 is 48.7. The molecular formula is C28H32N2O5S2. The summed E-state index contributed by atoms with van der Waals surface area (Å²) in [6.07, 6.45) is 1.01. The Hall–Kier alpha value is -2.69. The van der Waals surface area contributed by atoms with Gasteiger partial charge in [-0.3, -0.25) is 18.8 Å². The molecule has 2 aliphatic rings. The Labute approximate surface area is 220 Å². The molecule has 0 saturated carbocycles. The number of sulfone groups is 1. The van der Waals surface area contributed by atoms with Gasteiger partial charge in [0.25, 0.3) is 5.91 Å². The quantitative estimate of drug-likeness (QED) is 0.464. The van der Waals surface area contributed by atoms with E-state index in [4.69, 9.17) is 0 Å². The summed E-state index contributed by atoms with van der Waals surface area (Å²) in [5, 5.41) is -1.19. The standard InChI is InChI=1S/C28H32N2O5S2/c1-2-21-11-13-22(14-12-21)19-29-15-17-30(18-16-29)28(31)24-9-6-10-25-27(24)26(20-36(25,32)33)37(34,35)23-7-4-3-5-8-23/h3-14,26,32-33H,2,15-20H2,1H3. The van der Waals surface area contributed by atoms with Gasteiger partial charge in [0.15, 0.2) is 9.84 Å². The van der Waals surface area contributed by atoms with E-state index in [0.717, 1.165) is 13.0 Å². The third-order valence-electron chi connectivity index (χ3n) is 7.30. The molecule has 2 N–H and O–H groups in total.